The average Bonchev–Trinajstić information content (AvgIpc) is 2.96. The fourth-order valence-electron chi connectivity index (χ4n) is 3.19. The number of carbonyl (C=O) groups excluding carboxylic acids is 2. The van der Waals surface area contributed by atoms with Crippen LogP contribution >= 0.6 is 21.6 Å². The van der Waals surface area contributed by atoms with E-state index in [0.29, 0.717) is 25.1 Å². The van der Waals surface area contributed by atoms with Crippen LogP contribution in [-0.4, -0.2) is 36.4 Å². The highest BCUT2D eigenvalue weighted by Crippen LogP contribution is 2.19. The lowest BCUT2D eigenvalue weighted by atomic mass is 10.2. The molecule has 0 atom stereocenters. The first-order valence-electron chi connectivity index (χ1n) is 14.0. The van der Waals surface area contributed by atoms with Gasteiger partial charge in [-0.3, -0.25) is 9.59 Å². The van der Waals surface area contributed by atoms with E-state index in [-0.39, 0.29) is 11.8 Å². The summed E-state index contributed by atoms with van der Waals surface area (Å²) >= 11 is 0. The summed E-state index contributed by atoms with van der Waals surface area (Å²) in [4.78, 5) is 23.9. The lowest BCUT2D eigenvalue weighted by Crippen LogP contribution is -2.26. The maximum absolute atomic E-state index is 11.9. The second-order valence-electron chi connectivity index (χ2n) is 8.57. The van der Waals surface area contributed by atoms with Gasteiger partial charge in [0.15, 0.2) is 0 Å². The molecule has 39 heavy (non-hydrogen) atoms. The highest BCUT2D eigenvalue weighted by Gasteiger charge is 2.03. The van der Waals surface area contributed by atoms with E-state index in [1.54, 1.807) is 21.6 Å². The van der Waals surface area contributed by atoms with Gasteiger partial charge in [0.25, 0.3) is 5.91 Å². The Kier molecular flexibility index (Phi) is 23.7. The largest absolute Gasteiger partial charge is 0.355 e. The zero-order valence-electron chi connectivity index (χ0n) is 23.4. The zero-order chi connectivity index (χ0) is 28.1. The van der Waals surface area contributed by atoms with Gasteiger partial charge < -0.3 is 10.6 Å². The topological polar surface area (TPSA) is 58.2 Å². The van der Waals surface area contributed by atoms with Crippen molar-refractivity contribution in [2.45, 2.75) is 58.3 Å². The molecule has 2 N–H and O–H groups in total. The number of nitrogens with one attached hydrogen (secondary N) is 2. The summed E-state index contributed by atoms with van der Waals surface area (Å²) in [6, 6.07) is 9.23. The number of amides is 2. The van der Waals surface area contributed by atoms with Crippen molar-refractivity contribution in [3.05, 3.63) is 109 Å². The Morgan fingerprint density at radius 2 is 1.10 bits per heavy atom. The van der Waals surface area contributed by atoms with Gasteiger partial charge in [-0.15, -0.1) is 0 Å². The summed E-state index contributed by atoms with van der Waals surface area (Å²) < 4.78 is 0. The lowest BCUT2D eigenvalue weighted by Gasteiger charge is -2.06. The number of allylic oxidation sites excluding steroid dienone is 12. The third-order valence-electron chi connectivity index (χ3n) is 5.23. The molecule has 0 aliphatic carbocycles. The molecule has 0 bridgehead atoms. The standard InChI is InChI=1S/C33H46N2O2S2/c1-2-3-4-5-6-7-8-9-10-11-12-13-14-15-16-17-18-19-23-26-32(36)34-27-29-38-39-30-28-35-33(37)31-24-21-20-22-25-31/h3-4,6-7,9-10,12-13,15-16,18-22,24-25H,2,5,8,11,14,17,23,26-30H2,1H3,(H,34,36)(H,35,37)/b4-3-,7-6-,10-9-,13-12-,16-15-,19-18-. The molecule has 1 aromatic carbocycles. The van der Waals surface area contributed by atoms with E-state index in [0.717, 1.165) is 56.5 Å². The molecule has 0 radical (unpaired) electrons. The van der Waals surface area contributed by atoms with Gasteiger partial charge in [-0.25, -0.2) is 0 Å². The molecule has 2 amide bonds. The first-order chi connectivity index (χ1) is 19.2. The molecule has 0 aliphatic heterocycles. The van der Waals surface area contributed by atoms with E-state index < -0.39 is 0 Å². The van der Waals surface area contributed by atoms with E-state index >= 15 is 0 Å². The minimum atomic E-state index is -0.0413. The average molecular weight is 567 g/mol. The summed E-state index contributed by atoms with van der Waals surface area (Å²) in [7, 11) is 3.42. The van der Waals surface area contributed by atoms with Gasteiger partial charge in [0.2, 0.25) is 5.91 Å². The summed E-state index contributed by atoms with van der Waals surface area (Å²) in [6.07, 6.45) is 33.4. The fraction of sp³-hybridized carbons (Fsp3) is 0.394. The van der Waals surface area contributed by atoms with Gasteiger partial charge in [0.05, 0.1) is 0 Å². The molecule has 0 spiro atoms. The minimum Gasteiger partial charge on any atom is -0.355 e. The second kappa shape index (κ2) is 26.9. The SMILES string of the molecule is CC/C=C\C/C=C\C/C=C\C/C=C\C/C=C\C/C=C\CCC(=O)NCCSSCCNC(=O)c1ccccc1. The van der Waals surface area contributed by atoms with E-state index in [4.69, 9.17) is 0 Å². The van der Waals surface area contributed by atoms with Crippen molar-refractivity contribution in [2.75, 3.05) is 24.6 Å². The number of hydrogen-bond acceptors (Lipinski definition) is 4. The van der Waals surface area contributed by atoms with Crippen molar-refractivity contribution in [2.24, 2.45) is 0 Å². The zero-order valence-corrected chi connectivity index (χ0v) is 25.1. The molecule has 0 aromatic heterocycles. The molecular formula is C33H46N2O2S2. The Labute approximate surface area is 244 Å². The van der Waals surface area contributed by atoms with Crippen LogP contribution in [0.2, 0.25) is 0 Å². The normalized spacial score (nSPS) is 12.2. The van der Waals surface area contributed by atoms with E-state index in [1.165, 1.54) is 0 Å². The molecule has 4 nitrogen and oxygen atoms in total. The van der Waals surface area contributed by atoms with Gasteiger partial charge in [-0.2, -0.15) is 0 Å². The number of rotatable bonds is 22. The van der Waals surface area contributed by atoms with Crippen LogP contribution in [-0.2, 0) is 4.79 Å². The summed E-state index contributed by atoms with van der Waals surface area (Å²) in [5.41, 5.74) is 0.682. The predicted molar refractivity (Wildman–Crippen MR) is 174 cm³/mol. The van der Waals surface area contributed by atoms with Crippen LogP contribution in [0.3, 0.4) is 0 Å². The highest BCUT2D eigenvalue weighted by molar-refractivity contribution is 8.76. The monoisotopic (exact) mass is 566 g/mol. The summed E-state index contributed by atoms with van der Waals surface area (Å²) in [5, 5.41) is 5.88. The third-order valence-corrected chi connectivity index (χ3v) is 7.64. The molecule has 0 heterocycles. The van der Waals surface area contributed by atoms with Gasteiger partial charge >= 0.3 is 0 Å². The van der Waals surface area contributed by atoms with Crippen LogP contribution in [0.15, 0.2) is 103 Å². The Balaban J connectivity index is 1.89. The van der Waals surface area contributed by atoms with Crippen LogP contribution in [0.4, 0.5) is 0 Å². The maximum atomic E-state index is 11.9. The van der Waals surface area contributed by atoms with Gasteiger partial charge in [-0.1, -0.05) is 120 Å². The second-order valence-corrected chi connectivity index (χ2v) is 11.3. The number of hydrogen-bond donors (Lipinski definition) is 2. The minimum absolute atomic E-state index is 0.0413. The van der Waals surface area contributed by atoms with Crippen LogP contribution < -0.4 is 10.6 Å². The van der Waals surface area contributed by atoms with E-state index in [2.05, 4.69) is 90.5 Å². The van der Waals surface area contributed by atoms with Crippen LogP contribution in [0, 0.1) is 0 Å². The van der Waals surface area contributed by atoms with Crippen molar-refractivity contribution in [3.8, 4) is 0 Å². The van der Waals surface area contributed by atoms with E-state index in [9.17, 15) is 9.59 Å². The highest BCUT2D eigenvalue weighted by atomic mass is 33.1. The van der Waals surface area contributed by atoms with Gasteiger partial charge in [0, 0.05) is 36.6 Å². The molecule has 0 aliphatic rings. The van der Waals surface area contributed by atoms with Crippen molar-refractivity contribution >= 4 is 33.4 Å². The summed E-state index contributed by atoms with van der Waals surface area (Å²) in [5.74, 6) is 1.73. The van der Waals surface area contributed by atoms with Crippen molar-refractivity contribution in [3.63, 3.8) is 0 Å². The molecule has 6 heteroatoms. The Morgan fingerprint density at radius 3 is 1.62 bits per heavy atom. The maximum Gasteiger partial charge on any atom is 0.251 e. The molecule has 0 saturated carbocycles. The van der Waals surface area contributed by atoms with E-state index in [1.807, 2.05) is 30.3 Å². The molecule has 0 fully saturated rings. The van der Waals surface area contributed by atoms with Crippen LogP contribution in [0.25, 0.3) is 0 Å². The first-order valence-corrected chi connectivity index (χ1v) is 16.5. The van der Waals surface area contributed by atoms with Crippen molar-refractivity contribution in [1.29, 1.82) is 0 Å². The Hall–Kier alpha value is -2.70. The predicted octanol–water partition coefficient (Wildman–Crippen LogP) is 8.39. The number of carbonyl (C=O) groups is 2. The quantitative estimate of drug-likeness (QED) is 0.0841. The van der Waals surface area contributed by atoms with Gasteiger partial charge in [0.1, 0.15) is 0 Å². The molecule has 1 aromatic rings. The molecule has 0 saturated heterocycles. The molecule has 212 valence electrons. The molecular weight excluding hydrogens is 521 g/mol. The Bertz CT molecular complexity index is 934. The number of benzene rings is 1. The Morgan fingerprint density at radius 1 is 0.641 bits per heavy atom. The van der Waals surface area contributed by atoms with Crippen molar-refractivity contribution in [1.82, 2.24) is 10.6 Å². The first kappa shape index (κ1) is 34.3. The molecule has 1 rings (SSSR count). The fourth-order valence-corrected chi connectivity index (χ4v) is 5.00. The van der Waals surface area contributed by atoms with Crippen molar-refractivity contribution < 1.29 is 9.59 Å². The molecule has 0 unspecified atom stereocenters. The lowest BCUT2D eigenvalue weighted by molar-refractivity contribution is -0.120. The summed E-state index contributed by atoms with van der Waals surface area (Å²) in [6.45, 7) is 3.44. The van der Waals surface area contributed by atoms with Crippen LogP contribution in [0.1, 0.15) is 68.6 Å². The van der Waals surface area contributed by atoms with Gasteiger partial charge in [-0.05, 0) is 57.1 Å². The van der Waals surface area contributed by atoms with Crippen LogP contribution in [0.5, 0.6) is 0 Å². The third kappa shape index (κ3) is 22.9. The smallest absolute Gasteiger partial charge is 0.251 e.